The lowest BCUT2D eigenvalue weighted by molar-refractivity contribution is 1.20. The average Bonchev–Trinajstić information content (AvgIpc) is 2.28. The van der Waals surface area contributed by atoms with E-state index >= 15 is 0 Å². The zero-order valence-electron chi connectivity index (χ0n) is 8.74. The van der Waals surface area contributed by atoms with E-state index in [0.29, 0.717) is 11.6 Å². The molecular weight excluding hydrogens is 268 g/mol. The third-order valence-electron chi connectivity index (χ3n) is 2.25. The van der Waals surface area contributed by atoms with Crippen molar-refractivity contribution in [3.05, 3.63) is 40.6 Å². The average molecular weight is 279 g/mol. The maximum atomic E-state index is 5.71. The number of aromatic nitrogens is 2. The van der Waals surface area contributed by atoms with E-state index in [1.165, 1.54) is 0 Å². The van der Waals surface area contributed by atoms with Gasteiger partial charge in [0.2, 0.25) is 0 Å². The maximum Gasteiger partial charge on any atom is 0.173 e. The minimum absolute atomic E-state index is 0.391. The molecule has 0 unspecified atom stereocenters. The van der Waals surface area contributed by atoms with Gasteiger partial charge in [-0.15, -0.1) is 0 Å². The van der Waals surface area contributed by atoms with Gasteiger partial charge in [0.1, 0.15) is 0 Å². The van der Waals surface area contributed by atoms with Gasteiger partial charge in [0, 0.05) is 22.6 Å². The Kier molecular flexibility index (Phi) is 3.05. The highest BCUT2D eigenvalue weighted by molar-refractivity contribution is 9.10. The molecule has 4 nitrogen and oxygen atoms in total. The third kappa shape index (κ3) is 2.14. The highest BCUT2D eigenvalue weighted by Gasteiger charge is 2.05. The zero-order chi connectivity index (χ0) is 11.5. The van der Waals surface area contributed by atoms with E-state index < -0.39 is 0 Å². The topological polar surface area (TPSA) is 63.8 Å². The van der Waals surface area contributed by atoms with E-state index in [2.05, 4.69) is 31.2 Å². The molecule has 0 aliphatic carbocycles. The molecule has 0 aliphatic heterocycles. The van der Waals surface area contributed by atoms with E-state index in [1.54, 1.807) is 12.4 Å². The molecular formula is C11H11BrN4. The minimum Gasteiger partial charge on any atom is -0.381 e. The number of nitrogen functional groups attached to an aromatic ring is 1. The number of anilines is 3. The van der Waals surface area contributed by atoms with Gasteiger partial charge in [-0.05, 0) is 24.6 Å². The molecule has 0 spiro atoms. The molecule has 5 heteroatoms. The smallest absolute Gasteiger partial charge is 0.173 e. The second-order valence-electron chi connectivity index (χ2n) is 3.33. The van der Waals surface area contributed by atoms with Crippen LogP contribution in [0.1, 0.15) is 5.56 Å². The van der Waals surface area contributed by atoms with Crippen molar-refractivity contribution in [1.82, 2.24) is 9.97 Å². The molecule has 82 valence electrons. The molecule has 0 amide bonds. The maximum absolute atomic E-state index is 5.71. The zero-order valence-corrected chi connectivity index (χ0v) is 10.3. The van der Waals surface area contributed by atoms with Crippen LogP contribution in [-0.4, -0.2) is 9.97 Å². The Balaban J connectivity index is 2.35. The van der Waals surface area contributed by atoms with Crippen molar-refractivity contribution in [1.29, 1.82) is 0 Å². The largest absolute Gasteiger partial charge is 0.381 e. The van der Waals surface area contributed by atoms with Crippen LogP contribution >= 0.6 is 15.9 Å². The number of hydrogen-bond acceptors (Lipinski definition) is 4. The second-order valence-corrected chi connectivity index (χ2v) is 4.18. The van der Waals surface area contributed by atoms with E-state index in [-0.39, 0.29) is 0 Å². The first-order valence-electron chi connectivity index (χ1n) is 4.77. The lowest BCUT2D eigenvalue weighted by Crippen LogP contribution is -2.01. The van der Waals surface area contributed by atoms with Gasteiger partial charge in [0.05, 0.1) is 0 Å². The van der Waals surface area contributed by atoms with Crippen LogP contribution in [0.5, 0.6) is 0 Å². The van der Waals surface area contributed by atoms with Gasteiger partial charge >= 0.3 is 0 Å². The first-order chi connectivity index (χ1) is 7.68. The normalized spacial score (nSPS) is 10.1. The SMILES string of the molecule is Cc1c(Br)cccc1Nc1nccnc1N. The number of halogens is 1. The van der Waals surface area contributed by atoms with Gasteiger partial charge < -0.3 is 11.1 Å². The molecule has 0 saturated heterocycles. The van der Waals surface area contributed by atoms with Crippen molar-refractivity contribution < 1.29 is 0 Å². The monoisotopic (exact) mass is 278 g/mol. The number of nitrogens with two attached hydrogens (primary N) is 1. The summed E-state index contributed by atoms with van der Waals surface area (Å²) in [4.78, 5) is 8.10. The third-order valence-corrected chi connectivity index (χ3v) is 3.11. The highest BCUT2D eigenvalue weighted by atomic mass is 79.9. The van der Waals surface area contributed by atoms with Gasteiger partial charge in [-0.1, -0.05) is 22.0 Å². The van der Waals surface area contributed by atoms with Gasteiger partial charge in [0.25, 0.3) is 0 Å². The highest BCUT2D eigenvalue weighted by Crippen LogP contribution is 2.26. The number of benzene rings is 1. The molecule has 1 aromatic heterocycles. The van der Waals surface area contributed by atoms with Crippen LogP contribution < -0.4 is 11.1 Å². The summed E-state index contributed by atoms with van der Waals surface area (Å²) >= 11 is 3.47. The number of nitrogens with one attached hydrogen (secondary N) is 1. The summed E-state index contributed by atoms with van der Waals surface area (Å²) in [5.74, 6) is 0.963. The van der Waals surface area contributed by atoms with Crippen LogP contribution in [0.2, 0.25) is 0 Å². The van der Waals surface area contributed by atoms with Crippen LogP contribution in [0.15, 0.2) is 35.1 Å². The predicted molar refractivity (Wildman–Crippen MR) is 68.6 cm³/mol. The number of hydrogen-bond donors (Lipinski definition) is 2. The van der Waals surface area contributed by atoms with Crippen molar-refractivity contribution in [2.45, 2.75) is 6.92 Å². The second kappa shape index (κ2) is 4.49. The molecule has 0 aliphatic rings. The van der Waals surface area contributed by atoms with E-state index in [4.69, 9.17) is 5.73 Å². The molecule has 2 aromatic rings. The minimum atomic E-state index is 0.391. The Morgan fingerprint density at radius 1 is 1.25 bits per heavy atom. The Morgan fingerprint density at radius 3 is 2.75 bits per heavy atom. The Hall–Kier alpha value is -1.62. The van der Waals surface area contributed by atoms with Gasteiger partial charge in [-0.2, -0.15) is 0 Å². The fourth-order valence-electron chi connectivity index (χ4n) is 1.32. The summed E-state index contributed by atoms with van der Waals surface area (Å²) in [6.07, 6.45) is 3.17. The molecule has 1 aromatic carbocycles. The number of rotatable bonds is 2. The molecule has 3 N–H and O–H groups in total. The van der Waals surface area contributed by atoms with Gasteiger partial charge in [-0.3, -0.25) is 0 Å². The summed E-state index contributed by atoms with van der Waals surface area (Å²) in [6.45, 7) is 2.01. The van der Waals surface area contributed by atoms with Crippen LogP contribution in [0.4, 0.5) is 17.3 Å². The summed E-state index contributed by atoms with van der Waals surface area (Å²) in [5, 5.41) is 3.15. The van der Waals surface area contributed by atoms with Gasteiger partial charge in [-0.25, -0.2) is 9.97 Å². The lowest BCUT2D eigenvalue weighted by atomic mass is 10.2. The summed E-state index contributed by atoms with van der Waals surface area (Å²) < 4.78 is 1.04. The Bertz CT molecular complexity index is 513. The summed E-state index contributed by atoms with van der Waals surface area (Å²) in [6, 6.07) is 5.90. The first-order valence-corrected chi connectivity index (χ1v) is 5.56. The van der Waals surface area contributed by atoms with Crippen LogP contribution in [0, 0.1) is 6.92 Å². The molecule has 16 heavy (non-hydrogen) atoms. The molecule has 0 saturated carbocycles. The molecule has 0 fully saturated rings. The molecule has 0 radical (unpaired) electrons. The van der Waals surface area contributed by atoms with E-state index in [1.807, 2.05) is 25.1 Å². The summed E-state index contributed by atoms with van der Waals surface area (Å²) in [5.41, 5.74) is 7.77. The fourth-order valence-corrected chi connectivity index (χ4v) is 1.68. The number of nitrogens with zero attached hydrogens (tertiary/aromatic N) is 2. The molecule has 0 bridgehead atoms. The van der Waals surface area contributed by atoms with Crippen molar-refractivity contribution in [2.75, 3.05) is 11.1 Å². The van der Waals surface area contributed by atoms with Crippen molar-refractivity contribution in [3.63, 3.8) is 0 Å². The predicted octanol–water partition coefficient (Wildman–Crippen LogP) is 2.87. The Labute approximate surface area is 102 Å². The Morgan fingerprint density at radius 2 is 2.00 bits per heavy atom. The fraction of sp³-hybridized carbons (Fsp3) is 0.0909. The summed E-state index contributed by atoms with van der Waals surface area (Å²) in [7, 11) is 0. The van der Waals surface area contributed by atoms with Gasteiger partial charge in [0.15, 0.2) is 11.6 Å². The van der Waals surface area contributed by atoms with Crippen molar-refractivity contribution in [3.8, 4) is 0 Å². The van der Waals surface area contributed by atoms with Crippen molar-refractivity contribution >= 4 is 33.3 Å². The first kappa shape index (κ1) is 10.9. The van der Waals surface area contributed by atoms with Crippen LogP contribution in [0.3, 0.4) is 0 Å². The molecule has 2 rings (SSSR count). The molecule has 0 atom stereocenters. The lowest BCUT2D eigenvalue weighted by Gasteiger charge is -2.10. The van der Waals surface area contributed by atoms with Crippen LogP contribution in [-0.2, 0) is 0 Å². The molecule has 1 heterocycles. The van der Waals surface area contributed by atoms with Crippen molar-refractivity contribution in [2.24, 2.45) is 0 Å². The standard InChI is InChI=1S/C11H11BrN4/c1-7-8(12)3-2-4-9(7)16-11-10(13)14-5-6-15-11/h2-6H,1H3,(H2,13,14)(H,15,16). The van der Waals surface area contributed by atoms with E-state index in [9.17, 15) is 0 Å². The quantitative estimate of drug-likeness (QED) is 0.887. The van der Waals surface area contributed by atoms with E-state index in [0.717, 1.165) is 15.7 Å². The van der Waals surface area contributed by atoms with Crippen LogP contribution in [0.25, 0.3) is 0 Å².